The number of hydrogen-bond acceptors (Lipinski definition) is 2. The molecule has 0 fully saturated rings. The van der Waals surface area contributed by atoms with Crippen molar-refractivity contribution in [2.24, 2.45) is 5.73 Å². The Morgan fingerprint density at radius 2 is 1.93 bits per heavy atom. The van der Waals surface area contributed by atoms with E-state index in [9.17, 15) is 4.79 Å². The van der Waals surface area contributed by atoms with Crippen molar-refractivity contribution < 1.29 is 4.79 Å². The van der Waals surface area contributed by atoms with Crippen molar-refractivity contribution in [2.75, 3.05) is 6.54 Å². The van der Waals surface area contributed by atoms with Crippen LogP contribution >= 0.6 is 0 Å². The smallest absolute Gasteiger partial charge is 0.238 e. The summed E-state index contributed by atoms with van der Waals surface area (Å²) < 4.78 is 0. The van der Waals surface area contributed by atoms with Crippen LogP contribution in [0.15, 0.2) is 24.3 Å². The molecule has 3 N–H and O–H groups in total. The minimum absolute atomic E-state index is 0.249. The summed E-state index contributed by atoms with van der Waals surface area (Å²) in [5, 5.41) is 3.23. The van der Waals surface area contributed by atoms with Gasteiger partial charge in [0.25, 0.3) is 0 Å². The Kier molecular flexibility index (Phi) is 2.49. The lowest BCUT2D eigenvalue weighted by Gasteiger charge is -2.25. The summed E-state index contributed by atoms with van der Waals surface area (Å²) in [4.78, 5) is 11.5. The molecular formula is C12H16N2O. The van der Waals surface area contributed by atoms with Gasteiger partial charge < -0.3 is 11.1 Å². The van der Waals surface area contributed by atoms with Gasteiger partial charge in [-0.25, -0.2) is 0 Å². The number of carbonyl (C=O) groups excluding carboxylic acids is 1. The molecule has 0 heterocycles. The second kappa shape index (κ2) is 3.66. The van der Waals surface area contributed by atoms with Gasteiger partial charge in [-0.05, 0) is 17.7 Å². The van der Waals surface area contributed by atoms with E-state index in [1.165, 1.54) is 11.1 Å². The van der Waals surface area contributed by atoms with Crippen LogP contribution in [-0.2, 0) is 17.6 Å². The van der Waals surface area contributed by atoms with Gasteiger partial charge in [-0.2, -0.15) is 0 Å². The molecule has 80 valence electrons. The summed E-state index contributed by atoms with van der Waals surface area (Å²) in [7, 11) is 0. The van der Waals surface area contributed by atoms with Crippen molar-refractivity contribution >= 4 is 5.91 Å². The quantitative estimate of drug-likeness (QED) is 0.758. The van der Waals surface area contributed by atoms with E-state index >= 15 is 0 Å². The lowest BCUT2D eigenvalue weighted by molar-refractivity contribution is -0.124. The average Bonchev–Trinajstić information content (AvgIpc) is 2.57. The third-order valence-electron chi connectivity index (χ3n) is 3.09. The number of rotatable bonds is 3. The Bertz CT molecular complexity index is 362. The molecule has 0 saturated heterocycles. The number of fused-ring (bicyclic) bond motifs is 1. The molecule has 0 unspecified atom stereocenters. The van der Waals surface area contributed by atoms with Crippen LogP contribution < -0.4 is 11.1 Å². The molecule has 0 aromatic heterocycles. The highest BCUT2D eigenvalue weighted by atomic mass is 16.1. The molecule has 0 atom stereocenters. The fraction of sp³-hybridized carbons (Fsp3) is 0.417. The minimum atomic E-state index is -0.557. The fourth-order valence-electron chi connectivity index (χ4n) is 2.34. The minimum Gasteiger partial charge on any atom is -0.368 e. The van der Waals surface area contributed by atoms with Gasteiger partial charge in [-0.3, -0.25) is 4.79 Å². The first-order valence-corrected chi connectivity index (χ1v) is 5.30. The molecule has 0 saturated carbocycles. The molecule has 0 radical (unpaired) electrons. The van der Waals surface area contributed by atoms with Crippen LogP contribution in [0, 0.1) is 0 Å². The summed E-state index contributed by atoms with van der Waals surface area (Å²) in [6.45, 7) is 2.75. The molecule has 1 aliphatic carbocycles. The highest BCUT2D eigenvalue weighted by Gasteiger charge is 2.41. The van der Waals surface area contributed by atoms with Crippen LogP contribution in [0.5, 0.6) is 0 Å². The Morgan fingerprint density at radius 1 is 1.40 bits per heavy atom. The van der Waals surface area contributed by atoms with Crippen molar-refractivity contribution in [2.45, 2.75) is 25.3 Å². The van der Waals surface area contributed by atoms with Gasteiger partial charge >= 0.3 is 0 Å². The molecule has 0 spiro atoms. The lowest BCUT2D eigenvalue weighted by Crippen LogP contribution is -2.56. The SMILES string of the molecule is CCNC1(C(N)=O)Cc2ccccc2C1. The number of amides is 1. The second-order valence-corrected chi connectivity index (χ2v) is 4.10. The first kappa shape index (κ1) is 10.2. The van der Waals surface area contributed by atoms with Crippen LogP contribution in [0.4, 0.5) is 0 Å². The number of nitrogens with one attached hydrogen (secondary N) is 1. The Balaban J connectivity index is 2.32. The molecule has 1 aliphatic rings. The van der Waals surface area contributed by atoms with E-state index in [2.05, 4.69) is 17.4 Å². The van der Waals surface area contributed by atoms with E-state index in [0.29, 0.717) is 12.8 Å². The fourth-order valence-corrected chi connectivity index (χ4v) is 2.34. The summed E-state index contributed by atoms with van der Waals surface area (Å²) >= 11 is 0. The van der Waals surface area contributed by atoms with Gasteiger partial charge in [0.05, 0.1) is 0 Å². The summed E-state index contributed by atoms with van der Waals surface area (Å²) in [5.74, 6) is -0.249. The molecule has 1 amide bonds. The predicted molar refractivity (Wildman–Crippen MR) is 59.5 cm³/mol. The van der Waals surface area contributed by atoms with E-state index in [4.69, 9.17) is 5.73 Å². The molecule has 1 aromatic carbocycles. The van der Waals surface area contributed by atoms with E-state index in [0.717, 1.165) is 6.54 Å². The van der Waals surface area contributed by atoms with Crippen LogP contribution in [0.1, 0.15) is 18.1 Å². The molecule has 2 rings (SSSR count). The highest BCUT2D eigenvalue weighted by molar-refractivity contribution is 5.86. The second-order valence-electron chi connectivity index (χ2n) is 4.10. The van der Waals surface area contributed by atoms with Gasteiger partial charge in [-0.1, -0.05) is 31.2 Å². The van der Waals surface area contributed by atoms with Gasteiger partial charge in [0, 0.05) is 12.8 Å². The zero-order chi connectivity index (χ0) is 10.9. The third-order valence-corrected chi connectivity index (χ3v) is 3.09. The average molecular weight is 204 g/mol. The van der Waals surface area contributed by atoms with Crippen molar-refractivity contribution in [3.63, 3.8) is 0 Å². The number of carbonyl (C=O) groups is 1. The first-order valence-electron chi connectivity index (χ1n) is 5.30. The predicted octanol–water partition coefficient (Wildman–Crippen LogP) is 0.619. The van der Waals surface area contributed by atoms with Crippen molar-refractivity contribution in [1.82, 2.24) is 5.32 Å². The van der Waals surface area contributed by atoms with E-state index in [1.807, 2.05) is 19.1 Å². The summed E-state index contributed by atoms with van der Waals surface area (Å²) in [6.07, 6.45) is 1.43. The van der Waals surface area contributed by atoms with Crippen molar-refractivity contribution in [1.29, 1.82) is 0 Å². The largest absolute Gasteiger partial charge is 0.368 e. The molecule has 15 heavy (non-hydrogen) atoms. The summed E-state index contributed by atoms with van der Waals surface area (Å²) in [5.41, 5.74) is 7.41. The van der Waals surface area contributed by atoms with Crippen molar-refractivity contribution in [3.8, 4) is 0 Å². The number of primary amides is 1. The monoisotopic (exact) mass is 204 g/mol. The molecule has 1 aromatic rings. The van der Waals surface area contributed by atoms with Crippen LogP contribution in [0.2, 0.25) is 0 Å². The zero-order valence-electron chi connectivity index (χ0n) is 8.92. The Morgan fingerprint density at radius 3 is 2.33 bits per heavy atom. The molecule has 0 bridgehead atoms. The summed E-state index contributed by atoms with van der Waals surface area (Å²) in [6, 6.07) is 8.14. The van der Waals surface area contributed by atoms with Crippen LogP contribution in [0.25, 0.3) is 0 Å². The van der Waals surface area contributed by atoms with Gasteiger partial charge in [0.1, 0.15) is 5.54 Å². The maximum Gasteiger partial charge on any atom is 0.238 e. The standard InChI is InChI=1S/C12H16N2O/c1-2-14-12(11(13)15)7-9-5-3-4-6-10(9)8-12/h3-6,14H,2,7-8H2,1H3,(H2,13,15). The molecule has 3 nitrogen and oxygen atoms in total. The van der Waals surface area contributed by atoms with Crippen LogP contribution in [-0.4, -0.2) is 18.0 Å². The lowest BCUT2D eigenvalue weighted by atomic mass is 9.95. The number of benzene rings is 1. The Hall–Kier alpha value is -1.35. The van der Waals surface area contributed by atoms with Gasteiger partial charge in [-0.15, -0.1) is 0 Å². The molecule has 3 heteroatoms. The molecule has 0 aliphatic heterocycles. The van der Waals surface area contributed by atoms with Crippen LogP contribution in [0.3, 0.4) is 0 Å². The maximum atomic E-state index is 11.5. The van der Waals surface area contributed by atoms with E-state index in [-0.39, 0.29) is 5.91 Å². The number of hydrogen-bond donors (Lipinski definition) is 2. The molecular weight excluding hydrogens is 188 g/mol. The highest BCUT2D eigenvalue weighted by Crippen LogP contribution is 2.29. The van der Waals surface area contributed by atoms with E-state index < -0.39 is 5.54 Å². The first-order chi connectivity index (χ1) is 7.18. The van der Waals surface area contributed by atoms with Gasteiger partial charge in [0.2, 0.25) is 5.91 Å². The van der Waals surface area contributed by atoms with Crippen molar-refractivity contribution in [3.05, 3.63) is 35.4 Å². The zero-order valence-corrected chi connectivity index (χ0v) is 8.92. The Labute approximate surface area is 89.7 Å². The van der Waals surface area contributed by atoms with Gasteiger partial charge in [0.15, 0.2) is 0 Å². The number of likely N-dealkylation sites (N-methyl/N-ethyl adjacent to an activating group) is 1. The number of nitrogens with two attached hydrogens (primary N) is 1. The third kappa shape index (κ3) is 1.63. The van der Waals surface area contributed by atoms with E-state index in [1.54, 1.807) is 0 Å². The topological polar surface area (TPSA) is 55.1 Å². The normalized spacial score (nSPS) is 17.4. The maximum absolute atomic E-state index is 11.5.